The summed E-state index contributed by atoms with van der Waals surface area (Å²) in [4.78, 5) is 2.43. The summed E-state index contributed by atoms with van der Waals surface area (Å²) in [5.41, 5.74) is 0. The lowest BCUT2D eigenvalue weighted by molar-refractivity contribution is 0.118. The Morgan fingerprint density at radius 3 is 2.86 bits per heavy atom. The molecule has 1 aliphatic carbocycles. The van der Waals surface area contributed by atoms with Crippen LogP contribution in [0.4, 0.5) is 0 Å². The zero-order valence-electron chi connectivity index (χ0n) is 9.08. The minimum atomic E-state index is -0.184. The molecule has 0 aromatic heterocycles. The number of aliphatic hydroxyl groups is 1. The number of rotatable bonds is 5. The van der Waals surface area contributed by atoms with Crippen molar-refractivity contribution in [1.82, 2.24) is 10.2 Å². The van der Waals surface area contributed by atoms with Gasteiger partial charge in [-0.1, -0.05) is 0 Å². The highest BCUT2D eigenvalue weighted by Crippen LogP contribution is 2.21. The fourth-order valence-corrected chi connectivity index (χ4v) is 2.30. The SMILES string of the molecule is CC(O)CN1CCCC1CNC1CC1. The Labute approximate surface area is 86.5 Å². The number of nitrogens with one attached hydrogen (secondary N) is 1. The van der Waals surface area contributed by atoms with Gasteiger partial charge in [0.2, 0.25) is 0 Å². The Bertz CT molecular complexity index is 180. The first-order chi connectivity index (χ1) is 6.75. The lowest BCUT2D eigenvalue weighted by atomic mass is 10.2. The molecule has 0 spiro atoms. The molecule has 0 amide bonds. The molecule has 82 valence electrons. The normalized spacial score (nSPS) is 30.9. The fraction of sp³-hybridized carbons (Fsp3) is 1.00. The Hall–Kier alpha value is -0.120. The van der Waals surface area contributed by atoms with Crippen LogP contribution in [0.1, 0.15) is 32.6 Å². The lowest BCUT2D eigenvalue weighted by Crippen LogP contribution is -2.41. The summed E-state index contributed by atoms with van der Waals surface area (Å²) in [6.45, 7) is 5.01. The molecule has 1 saturated carbocycles. The van der Waals surface area contributed by atoms with Gasteiger partial charge in [0.05, 0.1) is 6.10 Å². The van der Waals surface area contributed by atoms with Gasteiger partial charge in [0.1, 0.15) is 0 Å². The van der Waals surface area contributed by atoms with Gasteiger partial charge in [-0.15, -0.1) is 0 Å². The van der Waals surface area contributed by atoms with Crippen molar-refractivity contribution in [3.05, 3.63) is 0 Å². The van der Waals surface area contributed by atoms with Crippen molar-refractivity contribution in [2.75, 3.05) is 19.6 Å². The highest BCUT2D eigenvalue weighted by Gasteiger charge is 2.27. The van der Waals surface area contributed by atoms with E-state index in [1.807, 2.05) is 6.92 Å². The molecule has 2 aliphatic rings. The lowest BCUT2D eigenvalue weighted by Gasteiger charge is -2.25. The molecular formula is C11H22N2O. The van der Waals surface area contributed by atoms with Crippen LogP contribution in [0.5, 0.6) is 0 Å². The van der Waals surface area contributed by atoms with Gasteiger partial charge in [0, 0.05) is 25.2 Å². The van der Waals surface area contributed by atoms with Crippen molar-refractivity contribution in [3.63, 3.8) is 0 Å². The van der Waals surface area contributed by atoms with Crippen molar-refractivity contribution in [2.45, 2.75) is 50.8 Å². The van der Waals surface area contributed by atoms with Gasteiger partial charge in [-0.3, -0.25) is 4.90 Å². The summed E-state index contributed by atoms with van der Waals surface area (Å²) < 4.78 is 0. The molecule has 2 N–H and O–H groups in total. The highest BCUT2D eigenvalue weighted by atomic mass is 16.3. The number of hydrogen-bond acceptors (Lipinski definition) is 3. The zero-order chi connectivity index (χ0) is 9.97. The predicted molar refractivity (Wildman–Crippen MR) is 57.3 cm³/mol. The van der Waals surface area contributed by atoms with Crippen molar-refractivity contribution >= 4 is 0 Å². The Kier molecular flexibility index (Phi) is 3.42. The van der Waals surface area contributed by atoms with E-state index in [2.05, 4.69) is 10.2 Å². The Balaban J connectivity index is 1.71. The van der Waals surface area contributed by atoms with E-state index in [4.69, 9.17) is 0 Å². The Morgan fingerprint density at radius 2 is 2.21 bits per heavy atom. The van der Waals surface area contributed by atoms with Crippen molar-refractivity contribution < 1.29 is 5.11 Å². The molecule has 3 nitrogen and oxygen atoms in total. The molecule has 1 heterocycles. The first kappa shape index (κ1) is 10.4. The topological polar surface area (TPSA) is 35.5 Å². The molecule has 1 aliphatic heterocycles. The summed E-state index contributed by atoms with van der Waals surface area (Å²) in [6, 6.07) is 1.48. The second-order valence-electron chi connectivity index (χ2n) is 4.82. The van der Waals surface area contributed by atoms with Gasteiger partial charge in [-0.25, -0.2) is 0 Å². The summed E-state index contributed by atoms with van der Waals surface area (Å²) in [5, 5.41) is 12.9. The van der Waals surface area contributed by atoms with Crippen molar-refractivity contribution in [1.29, 1.82) is 0 Å². The minimum absolute atomic E-state index is 0.184. The maximum absolute atomic E-state index is 9.36. The highest BCUT2D eigenvalue weighted by molar-refractivity contribution is 4.87. The van der Waals surface area contributed by atoms with E-state index in [-0.39, 0.29) is 6.10 Å². The average Bonchev–Trinajstić information content (AvgIpc) is 2.85. The van der Waals surface area contributed by atoms with Gasteiger partial charge in [0.15, 0.2) is 0 Å². The smallest absolute Gasteiger partial charge is 0.0639 e. The van der Waals surface area contributed by atoms with E-state index in [0.717, 1.165) is 19.1 Å². The maximum Gasteiger partial charge on any atom is 0.0639 e. The third kappa shape index (κ3) is 2.94. The summed E-state index contributed by atoms with van der Waals surface area (Å²) >= 11 is 0. The third-order valence-electron chi connectivity index (χ3n) is 3.22. The quantitative estimate of drug-likeness (QED) is 0.678. The molecule has 0 bridgehead atoms. The third-order valence-corrected chi connectivity index (χ3v) is 3.22. The van der Waals surface area contributed by atoms with Crippen LogP contribution in [0, 0.1) is 0 Å². The van der Waals surface area contributed by atoms with E-state index >= 15 is 0 Å². The summed E-state index contributed by atoms with van der Waals surface area (Å²) in [6.07, 6.45) is 5.14. The van der Waals surface area contributed by atoms with Gasteiger partial charge in [0.25, 0.3) is 0 Å². The van der Waals surface area contributed by atoms with Crippen LogP contribution in [0.25, 0.3) is 0 Å². The van der Waals surface area contributed by atoms with Gasteiger partial charge in [-0.05, 0) is 39.2 Å². The molecule has 14 heavy (non-hydrogen) atoms. The zero-order valence-corrected chi connectivity index (χ0v) is 9.08. The molecule has 1 saturated heterocycles. The van der Waals surface area contributed by atoms with Gasteiger partial charge < -0.3 is 10.4 Å². The van der Waals surface area contributed by atoms with E-state index in [1.54, 1.807) is 0 Å². The standard InChI is InChI=1S/C11H22N2O/c1-9(14)8-13-6-2-3-11(13)7-12-10-4-5-10/h9-12,14H,2-8H2,1H3. The second kappa shape index (κ2) is 4.60. The number of aliphatic hydroxyl groups excluding tert-OH is 1. The first-order valence-electron chi connectivity index (χ1n) is 5.91. The molecule has 2 rings (SSSR count). The molecule has 0 aromatic rings. The van der Waals surface area contributed by atoms with Gasteiger partial charge >= 0.3 is 0 Å². The first-order valence-corrected chi connectivity index (χ1v) is 5.91. The second-order valence-corrected chi connectivity index (χ2v) is 4.82. The van der Waals surface area contributed by atoms with Crippen LogP contribution in [0.2, 0.25) is 0 Å². The van der Waals surface area contributed by atoms with E-state index in [9.17, 15) is 5.11 Å². The van der Waals surface area contributed by atoms with Gasteiger partial charge in [-0.2, -0.15) is 0 Å². The minimum Gasteiger partial charge on any atom is -0.392 e. The summed E-state index contributed by atoms with van der Waals surface area (Å²) in [7, 11) is 0. The van der Waals surface area contributed by atoms with Crippen LogP contribution in [0.15, 0.2) is 0 Å². The number of hydrogen-bond donors (Lipinski definition) is 2. The number of nitrogens with zero attached hydrogens (tertiary/aromatic N) is 1. The molecule has 2 atom stereocenters. The predicted octanol–water partition coefficient (Wildman–Crippen LogP) is 0.584. The van der Waals surface area contributed by atoms with E-state index in [1.165, 1.54) is 32.2 Å². The molecule has 2 fully saturated rings. The Morgan fingerprint density at radius 1 is 1.43 bits per heavy atom. The maximum atomic E-state index is 9.36. The van der Waals surface area contributed by atoms with Crippen LogP contribution >= 0.6 is 0 Å². The van der Waals surface area contributed by atoms with Crippen molar-refractivity contribution in [2.24, 2.45) is 0 Å². The van der Waals surface area contributed by atoms with Crippen LogP contribution < -0.4 is 5.32 Å². The van der Waals surface area contributed by atoms with Crippen LogP contribution in [0.3, 0.4) is 0 Å². The fourth-order valence-electron chi connectivity index (χ4n) is 2.30. The summed E-state index contributed by atoms with van der Waals surface area (Å²) in [5.74, 6) is 0. The van der Waals surface area contributed by atoms with Crippen LogP contribution in [-0.2, 0) is 0 Å². The van der Waals surface area contributed by atoms with E-state index < -0.39 is 0 Å². The largest absolute Gasteiger partial charge is 0.392 e. The monoisotopic (exact) mass is 198 g/mol. The van der Waals surface area contributed by atoms with E-state index in [0.29, 0.717) is 6.04 Å². The number of β-amino-alcohol motifs (C(OH)–C–C–N with tert-alkyl or cyclic N) is 1. The van der Waals surface area contributed by atoms with Crippen molar-refractivity contribution in [3.8, 4) is 0 Å². The number of likely N-dealkylation sites (tertiary alicyclic amines) is 1. The molecule has 0 aromatic carbocycles. The van der Waals surface area contributed by atoms with Crippen LogP contribution in [-0.4, -0.2) is 47.8 Å². The average molecular weight is 198 g/mol. The molecular weight excluding hydrogens is 176 g/mol. The molecule has 2 unspecified atom stereocenters. The molecule has 3 heteroatoms. The molecule has 0 radical (unpaired) electrons.